The molecular formula is C10H9BrN4O2S. The zero-order valence-corrected chi connectivity index (χ0v) is 11.8. The first kappa shape index (κ1) is 12.9. The summed E-state index contributed by atoms with van der Waals surface area (Å²) in [5.41, 5.74) is 0.935. The third-order valence-electron chi connectivity index (χ3n) is 2.11. The number of rotatable bonds is 4. The summed E-state index contributed by atoms with van der Waals surface area (Å²) in [6.07, 6.45) is 1.22. The van der Waals surface area contributed by atoms with E-state index in [1.807, 2.05) is 12.3 Å². The SMILES string of the molecule is Cc1csc(CNc2ncc([N+](=O)[O-])cc2Br)n1. The summed E-state index contributed by atoms with van der Waals surface area (Å²) in [7, 11) is 0. The van der Waals surface area contributed by atoms with Gasteiger partial charge < -0.3 is 5.32 Å². The smallest absolute Gasteiger partial charge is 0.288 e. The first-order chi connectivity index (χ1) is 8.56. The summed E-state index contributed by atoms with van der Waals surface area (Å²) in [5.74, 6) is 0.563. The van der Waals surface area contributed by atoms with Gasteiger partial charge in [-0.2, -0.15) is 0 Å². The Kier molecular flexibility index (Phi) is 3.87. The molecule has 0 saturated carbocycles. The minimum absolute atomic E-state index is 0.0440. The molecule has 0 fully saturated rings. The molecule has 0 amide bonds. The van der Waals surface area contributed by atoms with E-state index in [2.05, 4.69) is 31.2 Å². The Hall–Kier alpha value is -1.54. The van der Waals surface area contributed by atoms with Crippen LogP contribution in [0.25, 0.3) is 0 Å². The number of anilines is 1. The summed E-state index contributed by atoms with van der Waals surface area (Å²) < 4.78 is 0.560. The fourth-order valence-corrected chi connectivity index (χ4v) is 2.49. The van der Waals surface area contributed by atoms with Crippen molar-refractivity contribution in [1.29, 1.82) is 0 Å². The Bertz CT molecular complexity index is 587. The molecule has 0 saturated heterocycles. The second-order valence-electron chi connectivity index (χ2n) is 3.52. The van der Waals surface area contributed by atoms with E-state index < -0.39 is 4.92 Å². The third-order valence-corrected chi connectivity index (χ3v) is 3.68. The largest absolute Gasteiger partial charge is 0.363 e. The van der Waals surface area contributed by atoms with Crippen LogP contribution in [0.4, 0.5) is 11.5 Å². The van der Waals surface area contributed by atoms with Gasteiger partial charge in [0.05, 0.1) is 15.9 Å². The molecule has 0 aromatic carbocycles. The quantitative estimate of drug-likeness (QED) is 0.688. The number of hydrogen-bond acceptors (Lipinski definition) is 6. The Morgan fingerprint density at radius 1 is 1.61 bits per heavy atom. The molecular weight excluding hydrogens is 320 g/mol. The highest BCUT2D eigenvalue weighted by Crippen LogP contribution is 2.25. The highest BCUT2D eigenvalue weighted by atomic mass is 79.9. The fourth-order valence-electron chi connectivity index (χ4n) is 1.30. The lowest BCUT2D eigenvalue weighted by Gasteiger charge is -2.05. The van der Waals surface area contributed by atoms with Crippen LogP contribution in [0.2, 0.25) is 0 Å². The average Bonchev–Trinajstić information content (AvgIpc) is 2.73. The van der Waals surface area contributed by atoms with E-state index in [-0.39, 0.29) is 5.69 Å². The van der Waals surface area contributed by atoms with Crippen molar-refractivity contribution in [2.75, 3.05) is 5.32 Å². The molecule has 0 aliphatic heterocycles. The molecule has 1 N–H and O–H groups in total. The van der Waals surface area contributed by atoms with E-state index in [1.54, 1.807) is 11.3 Å². The molecule has 0 bridgehead atoms. The lowest BCUT2D eigenvalue weighted by molar-refractivity contribution is -0.385. The van der Waals surface area contributed by atoms with Crippen molar-refractivity contribution in [3.8, 4) is 0 Å². The number of nitrogens with one attached hydrogen (secondary N) is 1. The van der Waals surface area contributed by atoms with Crippen molar-refractivity contribution in [2.24, 2.45) is 0 Å². The number of halogens is 1. The van der Waals surface area contributed by atoms with Gasteiger partial charge in [0, 0.05) is 17.1 Å². The minimum atomic E-state index is -0.480. The van der Waals surface area contributed by atoms with E-state index in [9.17, 15) is 10.1 Å². The number of hydrogen-bond donors (Lipinski definition) is 1. The van der Waals surface area contributed by atoms with Crippen molar-refractivity contribution < 1.29 is 4.92 Å². The topological polar surface area (TPSA) is 81.0 Å². The lowest BCUT2D eigenvalue weighted by Crippen LogP contribution is -2.02. The van der Waals surface area contributed by atoms with Gasteiger partial charge >= 0.3 is 0 Å². The van der Waals surface area contributed by atoms with Crippen molar-refractivity contribution in [3.05, 3.63) is 42.9 Å². The molecule has 0 atom stereocenters. The molecule has 2 heterocycles. The second kappa shape index (κ2) is 5.40. The van der Waals surface area contributed by atoms with Crippen molar-refractivity contribution in [1.82, 2.24) is 9.97 Å². The summed E-state index contributed by atoms with van der Waals surface area (Å²) >= 11 is 4.81. The van der Waals surface area contributed by atoms with Crippen LogP contribution in [0.3, 0.4) is 0 Å². The van der Waals surface area contributed by atoms with Gasteiger partial charge in [-0.25, -0.2) is 9.97 Å². The normalized spacial score (nSPS) is 10.3. The number of pyridine rings is 1. The summed E-state index contributed by atoms with van der Waals surface area (Å²) in [5, 5.41) is 16.6. The highest BCUT2D eigenvalue weighted by molar-refractivity contribution is 9.10. The predicted molar refractivity (Wildman–Crippen MR) is 72.8 cm³/mol. The van der Waals surface area contributed by atoms with Crippen LogP contribution in [-0.2, 0) is 6.54 Å². The van der Waals surface area contributed by atoms with Gasteiger partial charge in [-0.3, -0.25) is 10.1 Å². The molecule has 8 heteroatoms. The van der Waals surface area contributed by atoms with Gasteiger partial charge in [0.15, 0.2) is 0 Å². The van der Waals surface area contributed by atoms with E-state index in [0.29, 0.717) is 16.8 Å². The predicted octanol–water partition coefficient (Wildman–Crippen LogP) is 3.13. The summed E-state index contributed by atoms with van der Waals surface area (Å²) in [6.45, 7) is 2.47. The maximum absolute atomic E-state index is 10.6. The van der Waals surface area contributed by atoms with Crippen molar-refractivity contribution in [3.63, 3.8) is 0 Å². The lowest BCUT2D eigenvalue weighted by atomic mass is 10.4. The third kappa shape index (κ3) is 3.02. The van der Waals surface area contributed by atoms with Crippen LogP contribution in [0.15, 0.2) is 22.1 Å². The molecule has 94 valence electrons. The molecule has 0 spiro atoms. The van der Waals surface area contributed by atoms with E-state index in [1.165, 1.54) is 12.3 Å². The first-order valence-electron chi connectivity index (χ1n) is 5.01. The monoisotopic (exact) mass is 328 g/mol. The molecule has 2 aromatic rings. The van der Waals surface area contributed by atoms with Crippen molar-refractivity contribution in [2.45, 2.75) is 13.5 Å². The van der Waals surface area contributed by atoms with Crippen LogP contribution >= 0.6 is 27.3 Å². The van der Waals surface area contributed by atoms with Gasteiger partial charge in [-0.05, 0) is 22.9 Å². The zero-order chi connectivity index (χ0) is 13.1. The standard InChI is InChI=1S/C10H9BrN4O2S/c1-6-5-18-9(14-6)4-13-10-8(11)2-7(3-12-10)15(16)17/h2-3,5H,4H2,1H3,(H,12,13). The molecule has 0 radical (unpaired) electrons. The number of aryl methyl sites for hydroxylation is 1. The van der Waals surface area contributed by atoms with Gasteiger partial charge in [-0.15, -0.1) is 11.3 Å². The maximum Gasteiger partial charge on any atom is 0.288 e. The highest BCUT2D eigenvalue weighted by Gasteiger charge is 2.10. The Morgan fingerprint density at radius 3 is 2.94 bits per heavy atom. The summed E-state index contributed by atoms with van der Waals surface area (Å²) in [4.78, 5) is 18.4. The van der Waals surface area contributed by atoms with Crippen LogP contribution < -0.4 is 5.32 Å². The van der Waals surface area contributed by atoms with Crippen LogP contribution in [-0.4, -0.2) is 14.9 Å². The fraction of sp³-hybridized carbons (Fsp3) is 0.200. The minimum Gasteiger partial charge on any atom is -0.363 e. The van der Waals surface area contributed by atoms with Gasteiger partial charge in [-0.1, -0.05) is 0 Å². The van der Waals surface area contributed by atoms with E-state index in [4.69, 9.17) is 0 Å². The van der Waals surface area contributed by atoms with E-state index >= 15 is 0 Å². The van der Waals surface area contributed by atoms with Crippen LogP contribution in [0, 0.1) is 17.0 Å². The molecule has 18 heavy (non-hydrogen) atoms. The number of nitro groups is 1. The van der Waals surface area contributed by atoms with Crippen molar-refractivity contribution >= 4 is 38.8 Å². The average molecular weight is 329 g/mol. The molecule has 0 aliphatic carbocycles. The first-order valence-corrected chi connectivity index (χ1v) is 6.68. The van der Waals surface area contributed by atoms with Gasteiger partial charge in [0.1, 0.15) is 17.0 Å². The van der Waals surface area contributed by atoms with Crippen LogP contribution in [0.5, 0.6) is 0 Å². The number of nitrogens with zero attached hydrogens (tertiary/aromatic N) is 3. The molecule has 2 rings (SSSR count). The van der Waals surface area contributed by atoms with Crippen LogP contribution in [0.1, 0.15) is 10.7 Å². The zero-order valence-electron chi connectivity index (χ0n) is 9.38. The second-order valence-corrected chi connectivity index (χ2v) is 5.31. The molecule has 2 aromatic heterocycles. The molecule has 0 aliphatic rings. The summed E-state index contributed by atoms with van der Waals surface area (Å²) in [6, 6.07) is 1.42. The van der Waals surface area contributed by atoms with E-state index in [0.717, 1.165) is 10.7 Å². The molecule has 0 unspecified atom stereocenters. The van der Waals surface area contributed by atoms with Gasteiger partial charge in [0.2, 0.25) is 0 Å². The Morgan fingerprint density at radius 2 is 2.39 bits per heavy atom. The van der Waals surface area contributed by atoms with Gasteiger partial charge in [0.25, 0.3) is 5.69 Å². The Labute approximate surface area is 115 Å². The Balaban J connectivity index is 2.08. The molecule has 6 nitrogen and oxygen atoms in total. The number of thiazole rings is 1. The number of aromatic nitrogens is 2. The maximum atomic E-state index is 10.6.